The zero-order valence-electron chi connectivity index (χ0n) is 14.8. The van der Waals surface area contributed by atoms with Gasteiger partial charge in [0.1, 0.15) is 17.1 Å². The first-order chi connectivity index (χ1) is 11.9. The lowest BCUT2D eigenvalue weighted by molar-refractivity contribution is 0.0555. The molecule has 2 rings (SSSR count). The van der Waals surface area contributed by atoms with E-state index in [1.165, 1.54) is 20.3 Å². The molecule has 0 aliphatic carbocycles. The fourth-order valence-electron chi connectivity index (χ4n) is 2.30. The summed E-state index contributed by atoms with van der Waals surface area (Å²) in [5.41, 5.74) is 1.14. The number of carbonyl (C=O) groups is 2. The summed E-state index contributed by atoms with van der Waals surface area (Å²) >= 11 is 0. The highest BCUT2D eigenvalue weighted by Gasteiger charge is 2.26. The number of carbonyl (C=O) groups excluding carboxylic acids is 2. The maximum atomic E-state index is 12.3. The second-order valence-electron chi connectivity index (χ2n) is 5.36. The van der Waals surface area contributed by atoms with Crippen LogP contribution in [0.5, 0.6) is 5.75 Å². The van der Waals surface area contributed by atoms with Crippen LogP contribution in [-0.2, 0) is 9.47 Å². The molecular weight excluding hydrogens is 324 g/mol. The molecule has 1 heterocycles. The lowest BCUT2D eigenvalue weighted by Gasteiger charge is -2.18. The van der Waals surface area contributed by atoms with E-state index in [1.54, 1.807) is 50.4 Å². The van der Waals surface area contributed by atoms with Crippen molar-refractivity contribution in [3.05, 3.63) is 41.5 Å². The fraction of sp³-hybridized carbons (Fsp3) is 0.278. The molecule has 0 amide bonds. The van der Waals surface area contributed by atoms with E-state index in [2.05, 4.69) is 4.98 Å². The van der Waals surface area contributed by atoms with E-state index in [0.29, 0.717) is 22.8 Å². The summed E-state index contributed by atoms with van der Waals surface area (Å²) in [6.45, 7) is 0. The van der Waals surface area contributed by atoms with Gasteiger partial charge in [0, 0.05) is 19.7 Å². The molecule has 7 nitrogen and oxygen atoms in total. The minimum Gasteiger partial charge on any atom is -0.497 e. The van der Waals surface area contributed by atoms with E-state index < -0.39 is 11.9 Å². The number of methoxy groups -OCH3 is 3. The molecule has 7 heteroatoms. The van der Waals surface area contributed by atoms with Gasteiger partial charge in [0.05, 0.1) is 32.6 Å². The molecular formula is C18H20N2O5. The van der Waals surface area contributed by atoms with Crippen LogP contribution in [0.15, 0.2) is 30.3 Å². The van der Waals surface area contributed by atoms with Crippen LogP contribution in [0.25, 0.3) is 11.3 Å². The van der Waals surface area contributed by atoms with Crippen LogP contribution in [0.1, 0.15) is 20.7 Å². The van der Waals surface area contributed by atoms with Crippen molar-refractivity contribution in [3.8, 4) is 17.0 Å². The minimum absolute atomic E-state index is 0.0603. The second kappa shape index (κ2) is 7.65. The van der Waals surface area contributed by atoms with Gasteiger partial charge < -0.3 is 19.1 Å². The van der Waals surface area contributed by atoms with Crippen LogP contribution in [0.2, 0.25) is 0 Å². The first-order valence-corrected chi connectivity index (χ1v) is 7.46. The smallest absolute Gasteiger partial charge is 0.340 e. The summed E-state index contributed by atoms with van der Waals surface area (Å²) in [5, 5.41) is 0. The predicted molar refractivity (Wildman–Crippen MR) is 93.2 cm³/mol. The summed E-state index contributed by atoms with van der Waals surface area (Å²) in [5.74, 6) is -0.121. The van der Waals surface area contributed by atoms with Crippen molar-refractivity contribution in [2.45, 2.75) is 0 Å². The van der Waals surface area contributed by atoms with Crippen molar-refractivity contribution in [1.82, 2.24) is 4.98 Å². The van der Waals surface area contributed by atoms with Gasteiger partial charge in [-0.15, -0.1) is 0 Å². The third kappa shape index (κ3) is 3.71. The number of anilines is 1. The molecule has 25 heavy (non-hydrogen) atoms. The fourth-order valence-corrected chi connectivity index (χ4v) is 2.30. The number of hydrogen-bond donors (Lipinski definition) is 0. The highest BCUT2D eigenvalue weighted by Crippen LogP contribution is 2.30. The Labute approximate surface area is 146 Å². The third-order valence-electron chi connectivity index (χ3n) is 3.62. The average Bonchev–Trinajstić information content (AvgIpc) is 2.65. The van der Waals surface area contributed by atoms with Gasteiger partial charge in [0.15, 0.2) is 0 Å². The van der Waals surface area contributed by atoms with E-state index in [9.17, 15) is 9.59 Å². The quantitative estimate of drug-likeness (QED) is 0.771. The van der Waals surface area contributed by atoms with Crippen LogP contribution in [0.4, 0.5) is 5.82 Å². The zero-order valence-corrected chi connectivity index (χ0v) is 14.8. The number of esters is 2. The minimum atomic E-state index is -0.663. The van der Waals surface area contributed by atoms with Gasteiger partial charge in [-0.2, -0.15) is 0 Å². The Morgan fingerprint density at radius 3 is 2.04 bits per heavy atom. The number of rotatable bonds is 5. The summed E-state index contributed by atoms with van der Waals surface area (Å²) in [4.78, 5) is 30.8. The molecule has 0 spiro atoms. The molecule has 1 aromatic carbocycles. The van der Waals surface area contributed by atoms with Crippen LogP contribution in [-0.4, -0.2) is 52.3 Å². The molecule has 1 aromatic heterocycles. The molecule has 0 fully saturated rings. The van der Waals surface area contributed by atoms with E-state index in [-0.39, 0.29) is 11.1 Å². The highest BCUT2D eigenvalue weighted by atomic mass is 16.5. The van der Waals surface area contributed by atoms with Gasteiger partial charge in [-0.25, -0.2) is 14.6 Å². The Morgan fingerprint density at radius 2 is 1.56 bits per heavy atom. The van der Waals surface area contributed by atoms with Crippen LogP contribution >= 0.6 is 0 Å². The van der Waals surface area contributed by atoms with Gasteiger partial charge in [0.25, 0.3) is 0 Å². The summed E-state index contributed by atoms with van der Waals surface area (Å²) in [6.07, 6.45) is 0. The van der Waals surface area contributed by atoms with Crippen LogP contribution in [0, 0.1) is 0 Å². The topological polar surface area (TPSA) is 78.0 Å². The van der Waals surface area contributed by atoms with E-state index in [4.69, 9.17) is 14.2 Å². The molecule has 0 bridgehead atoms. The Kier molecular flexibility index (Phi) is 5.59. The number of benzene rings is 1. The van der Waals surface area contributed by atoms with Crippen LogP contribution in [0.3, 0.4) is 0 Å². The van der Waals surface area contributed by atoms with Gasteiger partial charge in [-0.05, 0) is 30.3 Å². The summed E-state index contributed by atoms with van der Waals surface area (Å²) in [7, 11) is 7.65. The number of nitrogens with zero attached hydrogens (tertiary/aromatic N) is 2. The molecule has 132 valence electrons. The van der Waals surface area contributed by atoms with Gasteiger partial charge >= 0.3 is 11.9 Å². The normalized spacial score (nSPS) is 10.1. The maximum absolute atomic E-state index is 12.3. The number of hydrogen-bond acceptors (Lipinski definition) is 7. The molecule has 0 atom stereocenters. The van der Waals surface area contributed by atoms with E-state index in [1.807, 2.05) is 0 Å². The Morgan fingerprint density at radius 1 is 0.960 bits per heavy atom. The Hall–Kier alpha value is -3.09. The first kappa shape index (κ1) is 18.3. The Balaban J connectivity index is 2.79. The average molecular weight is 344 g/mol. The monoisotopic (exact) mass is 344 g/mol. The standard InChI is InChI=1S/C18H20N2O5/c1-20(2)14-10-13(17(21)24-4)15(18(22)25-5)16(19-14)11-6-8-12(23-3)9-7-11/h6-10H,1-5H3. The first-order valence-electron chi connectivity index (χ1n) is 7.46. The van der Waals surface area contributed by atoms with Gasteiger partial charge in [-0.1, -0.05) is 0 Å². The van der Waals surface area contributed by atoms with Crippen molar-refractivity contribution in [3.63, 3.8) is 0 Å². The van der Waals surface area contributed by atoms with Gasteiger partial charge in [-0.3, -0.25) is 0 Å². The molecule has 0 saturated heterocycles. The van der Waals surface area contributed by atoms with Crippen molar-refractivity contribution < 1.29 is 23.8 Å². The SMILES string of the molecule is COC(=O)c1cc(N(C)C)nc(-c2ccc(OC)cc2)c1C(=O)OC. The third-order valence-corrected chi connectivity index (χ3v) is 3.62. The Bertz CT molecular complexity index is 785. The van der Waals surface area contributed by atoms with Crippen molar-refractivity contribution in [2.75, 3.05) is 40.3 Å². The van der Waals surface area contributed by atoms with Crippen molar-refractivity contribution in [2.24, 2.45) is 0 Å². The lowest BCUT2D eigenvalue weighted by atomic mass is 10.00. The molecule has 2 aromatic rings. The second-order valence-corrected chi connectivity index (χ2v) is 5.36. The number of aromatic nitrogens is 1. The molecule has 0 unspecified atom stereocenters. The summed E-state index contributed by atoms with van der Waals surface area (Å²) in [6, 6.07) is 8.52. The van der Waals surface area contributed by atoms with E-state index >= 15 is 0 Å². The van der Waals surface area contributed by atoms with Crippen molar-refractivity contribution >= 4 is 17.8 Å². The lowest BCUT2D eigenvalue weighted by Crippen LogP contribution is -2.18. The number of ether oxygens (including phenoxy) is 3. The molecule has 0 N–H and O–H groups in total. The largest absolute Gasteiger partial charge is 0.497 e. The van der Waals surface area contributed by atoms with E-state index in [0.717, 1.165) is 0 Å². The van der Waals surface area contributed by atoms with Crippen molar-refractivity contribution in [1.29, 1.82) is 0 Å². The van der Waals surface area contributed by atoms with Gasteiger partial charge in [0.2, 0.25) is 0 Å². The predicted octanol–water partition coefficient (Wildman–Crippen LogP) is 2.40. The maximum Gasteiger partial charge on any atom is 0.340 e. The summed E-state index contributed by atoms with van der Waals surface area (Å²) < 4.78 is 14.8. The number of pyridine rings is 1. The molecule has 0 saturated carbocycles. The molecule has 0 aliphatic rings. The molecule has 0 radical (unpaired) electrons. The highest BCUT2D eigenvalue weighted by molar-refractivity contribution is 6.07. The van der Waals surface area contributed by atoms with Crippen LogP contribution < -0.4 is 9.64 Å². The molecule has 0 aliphatic heterocycles. The zero-order chi connectivity index (χ0) is 18.6.